The van der Waals surface area contributed by atoms with Gasteiger partial charge in [-0.1, -0.05) is 60.2 Å². The summed E-state index contributed by atoms with van der Waals surface area (Å²) in [6.07, 6.45) is 0. The quantitative estimate of drug-likeness (QED) is 0.566. The van der Waals surface area contributed by atoms with Gasteiger partial charge in [0, 0.05) is 0 Å². The molecule has 25 heavy (non-hydrogen) atoms. The van der Waals surface area contributed by atoms with E-state index >= 15 is 0 Å². The first kappa shape index (κ1) is 16.7. The summed E-state index contributed by atoms with van der Waals surface area (Å²) in [6.45, 7) is 3.81. The van der Waals surface area contributed by atoms with Gasteiger partial charge in [-0.3, -0.25) is 4.79 Å². The molecule has 0 saturated heterocycles. The highest BCUT2D eigenvalue weighted by molar-refractivity contribution is 5.99. The summed E-state index contributed by atoms with van der Waals surface area (Å²) >= 11 is 0. The zero-order valence-corrected chi connectivity index (χ0v) is 14.3. The van der Waals surface area contributed by atoms with E-state index in [2.05, 4.69) is 10.5 Å². The Balaban J connectivity index is 1.56. The van der Waals surface area contributed by atoms with Gasteiger partial charge in [0.05, 0.1) is 5.71 Å². The number of nitrogens with one attached hydrogen (secondary N) is 1. The smallest absolute Gasteiger partial charge is 0.277 e. The minimum atomic E-state index is -0.292. The van der Waals surface area contributed by atoms with Crippen LogP contribution in [0.5, 0.6) is 5.75 Å². The van der Waals surface area contributed by atoms with Gasteiger partial charge >= 0.3 is 0 Å². The predicted molar refractivity (Wildman–Crippen MR) is 101 cm³/mol. The van der Waals surface area contributed by atoms with Crippen molar-refractivity contribution in [1.82, 2.24) is 5.43 Å². The second-order valence-corrected chi connectivity index (χ2v) is 5.90. The lowest BCUT2D eigenvalue weighted by Crippen LogP contribution is -2.25. The molecular weight excluding hydrogens is 312 g/mol. The van der Waals surface area contributed by atoms with Crippen molar-refractivity contribution in [2.75, 3.05) is 6.61 Å². The van der Waals surface area contributed by atoms with Crippen LogP contribution in [-0.4, -0.2) is 18.2 Å². The summed E-state index contributed by atoms with van der Waals surface area (Å²) in [4.78, 5) is 11.9. The zero-order valence-electron chi connectivity index (χ0n) is 14.3. The highest BCUT2D eigenvalue weighted by Gasteiger charge is 2.04. The second-order valence-electron chi connectivity index (χ2n) is 5.90. The second kappa shape index (κ2) is 7.62. The molecule has 4 heteroatoms. The maximum absolute atomic E-state index is 11.9. The minimum Gasteiger partial charge on any atom is -0.484 e. The molecule has 1 amide bonds. The molecule has 0 atom stereocenters. The SMILES string of the molecule is C/C(=N/NC(=O)COc1ccc2ccccc2c1)c1ccc(C)cc1. The van der Waals surface area contributed by atoms with E-state index in [-0.39, 0.29) is 12.5 Å². The van der Waals surface area contributed by atoms with Gasteiger partial charge in [0.2, 0.25) is 0 Å². The van der Waals surface area contributed by atoms with Crippen molar-refractivity contribution in [2.45, 2.75) is 13.8 Å². The molecule has 0 saturated carbocycles. The monoisotopic (exact) mass is 332 g/mol. The van der Waals surface area contributed by atoms with Crippen molar-refractivity contribution in [3.8, 4) is 5.75 Å². The topological polar surface area (TPSA) is 50.7 Å². The molecule has 0 spiro atoms. The third-order valence-electron chi connectivity index (χ3n) is 3.91. The van der Waals surface area contributed by atoms with Gasteiger partial charge < -0.3 is 4.74 Å². The van der Waals surface area contributed by atoms with Gasteiger partial charge in [0.15, 0.2) is 6.61 Å². The number of fused-ring (bicyclic) bond motifs is 1. The molecule has 0 aliphatic heterocycles. The average Bonchev–Trinajstić information content (AvgIpc) is 2.65. The number of hydrogen-bond acceptors (Lipinski definition) is 3. The Morgan fingerprint density at radius 3 is 2.48 bits per heavy atom. The molecule has 3 rings (SSSR count). The highest BCUT2D eigenvalue weighted by Crippen LogP contribution is 2.20. The summed E-state index contributed by atoms with van der Waals surface area (Å²) in [7, 11) is 0. The van der Waals surface area contributed by atoms with E-state index in [9.17, 15) is 4.79 Å². The predicted octanol–water partition coefficient (Wildman–Crippen LogP) is 4.07. The van der Waals surface area contributed by atoms with Gasteiger partial charge in [-0.2, -0.15) is 5.10 Å². The van der Waals surface area contributed by atoms with Crippen LogP contribution in [0.1, 0.15) is 18.1 Å². The number of hydrazone groups is 1. The van der Waals surface area contributed by atoms with E-state index in [0.717, 1.165) is 22.0 Å². The number of carbonyl (C=O) groups excluding carboxylic acids is 1. The van der Waals surface area contributed by atoms with Crippen molar-refractivity contribution >= 4 is 22.4 Å². The lowest BCUT2D eigenvalue weighted by molar-refractivity contribution is -0.123. The molecule has 0 heterocycles. The summed E-state index contributed by atoms with van der Waals surface area (Å²) in [5.41, 5.74) is 5.43. The van der Waals surface area contributed by atoms with Crippen LogP contribution in [0.15, 0.2) is 71.8 Å². The van der Waals surface area contributed by atoms with Gasteiger partial charge in [-0.25, -0.2) is 5.43 Å². The average molecular weight is 332 g/mol. The van der Waals surface area contributed by atoms with Crippen molar-refractivity contribution in [3.05, 3.63) is 77.9 Å². The summed E-state index contributed by atoms with van der Waals surface area (Å²) < 4.78 is 5.55. The van der Waals surface area contributed by atoms with E-state index in [1.165, 1.54) is 5.56 Å². The summed E-state index contributed by atoms with van der Waals surface area (Å²) in [5, 5.41) is 6.34. The number of ether oxygens (including phenoxy) is 1. The van der Waals surface area contributed by atoms with E-state index in [4.69, 9.17) is 4.74 Å². The molecule has 0 aliphatic rings. The van der Waals surface area contributed by atoms with Gasteiger partial charge in [-0.15, -0.1) is 0 Å². The van der Waals surface area contributed by atoms with Crippen molar-refractivity contribution in [3.63, 3.8) is 0 Å². The first-order valence-electron chi connectivity index (χ1n) is 8.13. The molecule has 0 aromatic heterocycles. The van der Waals surface area contributed by atoms with Crippen LogP contribution in [0.2, 0.25) is 0 Å². The molecule has 0 bridgehead atoms. The van der Waals surface area contributed by atoms with E-state index < -0.39 is 0 Å². The maximum Gasteiger partial charge on any atom is 0.277 e. The van der Waals surface area contributed by atoms with Crippen LogP contribution < -0.4 is 10.2 Å². The number of aryl methyl sites for hydroxylation is 1. The van der Waals surface area contributed by atoms with E-state index in [1.54, 1.807) is 0 Å². The third-order valence-corrected chi connectivity index (χ3v) is 3.91. The van der Waals surface area contributed by atoms with Crippen LogP contribution in [0.4, 0.5) is 0 Å². The lowest BCUT2D eigenvalue weighted by atomic mass is 10.1. The van der Waals surface area contributed by atoms with Crippen LogP contribution in [-0.2, 0) is 4.79 Å². The molecule has 4 nitrogen and oxygen atoms in total. The lowest BCUT2D eigenvalue weighted by Gasteiger charge is -2.07. The van der Waals surface area contributed by atoms with Crippen LogP contribution in [0.25, 0.3) is 10.8 Å². The Bertz CT molecular complexity index is 915. The molecule has 0 aliphatic carbocycles. The molecule has 0 radical (unpaired) electrons. The third kappa shape index (κ3) is 4.44. The first-order chi connectivity index (χ1) is 12.1. The minimum absolute atomic E-state index is 0.0803. The maximum atomic E-state index is 11.9. The van der Waals surface area contributed by atoms with Crippen molar-refractivity contribution < 1.29 is 9.53 Å². The van der Waals surface area contributed by atoms with E-state index in [0.29, 0.717) is 5.75 Å². The van der Waals surface area contributed by atoms with Crippen LogP contribution in [0.3, 0.4) is 0 Å². The summed E-state index contributed by atoms with van der Waals surface area (Å²) in [6, 6.07) is 21.7. The standard InChI is InChI=1S/C21H20N2O2/c1-15-7-9-17(10-8-15)16(2)22-23-21(24)14-25-20-12-11-18-5-3-4-6-19(18)13-20/h3-13H,14H2,1-2H3,(H,23,24)/b22-16-. The van der Waals surface area contributed by atoms with Crippen molar-refractivity contribution in [2.24, 2.45) is 5.10 Å². The molecule has 3 aromatic carbocycles. The fraction of sp³-hybridized carbons (Fsp3) is 0.143. The van der Waals surface area contributed by atoms with Gasteiger partial charge in [-0.05, 0) is 42.3 Å². The molecule has 126 valence electrons. The number of rotatable bonds is 5. The largest absolute Gasteiger partial charge is 0.484 e. The summed E-state index contributed by atoms with van der Waals surface area (Å²) in [5.74, 6) is 0.368. The Morgan fingerprint density at radius 1 is 1.00 bits per heavy atom. The molecular formula is C21H20N2O2. The van der Waals surface area contributed by atoms with Crippen LogP contribution >= 0.6 is 0 Å². The molecule has 0 unspecified atom stereocenters. The highest BCUT2D eigenvalue weighted by atomic mass is 16.5. The molecule has 1 N–H and O–H groups in total. The normalized spacial score (nSPS) is 11.4. The number of amides is 1. The fourth-order valence-corrected chi connectivity index (χ4v) is 2.44. The van der Waals surface area contributed by atoms with Gasteiger partial charge in [0.25, 0.3) is 5.91 Å². The fourth-order valence-electron chi connectivity index (χ4n) is 2.44. The number of hydrogen-bond donors (Lipinski definition) is 1. The Labute approximate surface area is 147 Å². The van der Waals surface area contributed by atoms with Crippen LogP contribution in [0, 0.1) is 6.92 Å². The molecule has 3 aromatic rings. The Hall–Kier alpha value is -3.14. The number of benzene rings is 3. The Morgan fingerprint density at radius 2 is 1.72 bits per heavy atom. The number of carbonyl (C=O) groups is 1. The molecule has 0 fully saturated rings. The zero-order chi connectivity index (χ0) is 17.6. The first-order valence-corrected chi connectivity index (χ1v) is 8.13. The van der Waals surface area contributed by atoms with Gasteiger partial charge in [0.1, 0.15) is 5.75 Å². The number of nitrogens with zero attached hydrogens (tertiary/aromatic N) is 1. The Kier molecular flexibility index (Phi) is 5.09. The van der Waals surface area contributed by atoms with Crippen molar-refractivity contribution in [1.29, 1.82) is 0 Å². The van der Waals surface area contributed by atoms with E-state index in [1.807, 2.05) is 80.6 Å².